The van der Waals surface area contributed by atoms with Crippen LogP contribution in [0, 0.1) is 0 Å². The molecule has 0 saturated carbocycles. The number of aromatic nitrogens is 3. The first kappa shape index (κ1) is 19.9. The fraction of sp³-hybridized carbons (Fsp3) is 0.529. The number of hydrogen-bond donors (Lipinski definition) is 4. The van der Waals surface area contributed by atoms with Crippen LogP contribution in [0.1, 0.15) is 18.2 Å². The van der Waals surface area contributed by atoms with Crippen LogP contribution in [0.2, 0.25) is 0 Å². The molecule has 0 radical (unpaired) electrons. The number of nitrogens with zero attached hydrogens (tertiary/aromatic N) is 3. The summed E-state index contributed by atoms with van der Waals surface area (Å²) in [4.78, 5) is 1.50. The normalized spacial score (nSPS) is 28.1. The average Bonchev–Trinajstić information content (AvgIpc) is 3.15. The first-order valence-corrected chi connectivity index (χ1v) is 9.65. The number of rotatable bonds is 7. The highest BCUT2D eigenvalue weighted by atomic mass is 32.2. The molecule has 10 heteroatoms. The van der Waals surface area contributed by atoms with Gasteiger partial charge in [0.15, 0.2) is 0 Å². The maximum Gasteiger partial charge on any atom is 0.134 e. The average molecular weight is 396 g/mol. The van der Waals surface area contributed by atoms with Crippen LogP contribution >= 0.6 is 11.8 Å². The van der Waals surface area contributed by atoms with Gasteiger partial charge in [0.2, 0.25) is 0 Å². The minimum atomic E-state index is -1.21. The first-order valence-electron chi connectivity index (χ1n) is 8.60. The molecule has 3 unspecified atom stereocenters. The van der Waals surface area contributed by atoms with Crippen LogP contribution in [0.3, 0.4) is 0 Å². The van der Waals surface area contributed by atoms with Crippen molar-refractivity contribution in [3.63, 3.8) is 0 Å². The summed E-state index contributed by atoms with van der Waals surface area (Å²) >= 11 is 1.38. The molecule has 1 aromatic heterocycles. The smallest absolute Gasteiger partial charge is 0.134 e. The monoisotopic (exact) mass is 396 g/mol. The number of aliphatic hydroxyl groups is 3. The molecule has 27 heavy (non-hydrogen) atoms. The molecule has 4 N–H and O–H groups in total. The van der Waals surface area contributed by atoms with E-state index in [-0.39, 0.29) is 0 Å². The third kappa shape index (κ3) is 4.90. The van der Waals surface area contributed by atoms with Crippen molar-refractivity contribution in [2.75, 3.05) is 12.5 Å². The van der Waals surface area contributed by atoms with Crippen LogP contribution < -0.4 is 10.2 Å². The largest absolute Gasteiger partial charge is 0.487 e. The Bertz CT molecular complexity index is 728. The van der Waals surface area contributed by atoms with Crippen LogP contribution in [0.25, 0.3) is 0 Å². The summed E-state index contributed by atoms with van der Waals surface area (Å²) in [5.74, 6) is 1.30. The molecule has 1 aromatic carbocycles. The molecule has 148 valence electrons. The molecule has 0 spiro atoms. The summed E-state index contributed by atoms with van der Waals surface area (Å²) in [7, 11) is 1.75. The van der Waals surface area contributed by atoms with Crippen molar-refractivity contribution >= 4 is 11.8 Å². The number of nitrogens with one attached hydrogen (secondary N) is 1. The first-order chi connectivity index (χ1) is 13.0. The van der Waals surface area contributed by atoms with E-state index in [1.165, 1.54) is 16.6 Å². The molecule has 0 amide bonds. The molecule has 1 aliphatic heterocycles. The number of aliphatic hydroxyl groups excluding tert-OH is 3. The van der Waals surface area contributed by atoms with Crippen molar-refractivity contribution in [3.05, 3.63) is 41.7 Å². The van der Waals surface area contributed by atoms with Crippen molar-refractivity contribution in [3.8, 4) is 5.75 Å². The standard InChI is InChI=1S/C17H24N4O5S/c1-10-14(22)15(23)16(24)17(26-10)27-9-11-3-5-13(6-4-11)25-8-12-7-21(18-2)20-19-12/h3-7,10,14-18,22-24H,8-9H2,1-2H3/t10?,14-,15?,16?,17+/m1/s1. The predicted molar refractivity (Wildman–Crippen MR) is 99.7 cm³/mol. The van der Waals surface area contributed by atoms with Crippen molar-refractivity contribution in [1.29, 1.82) is 0 Å². The highest BCUT2D eigenvalue weighted by molar-refractivity contribution is 7.99. The summed E-state index contributed by atoms with van der Waals surface area (Å²) in [6.07, 6.45) is -2.20. The van der Waals surface area contributed by atoms with Crippen LogP contribution in [0.15, 0.2) is 30.5 Å². The van der Waals surface area contributed by atoms with E-state index in [0.29, 0.717) is 23.8 Å². The van der Waals surface area contributed by atoms with Gasteiger partial charge in [-0.3, -0.25) is 0 Å². The lowest BCUT2D eigenvalue weighted by Crippen LogP contribution is -2.55. The molecular weight excluding hydrogens is 372 g/mol. The Balaban J connectivity index is 1.49. The topological polar surface area (TPSA) is 122 Å². The summed E-state index contributed by atoms with van der Waals surface area (Å²) in [6.45, 7) is 1.99. The van der Waals surface area contributed by atoms with Gasteiger partial charge >= 0.3 is 0 Å². The van der Waals surface area contributed by atoms with Gasteiger partial charge in [0.1, 0.15) is 41.8 Å². The minimum absolute atomic E-state index is 0.315. The molecule has 1 saturated heterocycles. The van der Waals surface area contributed by atoms with Gasteiger partial charge in [0.25, 0.3) is 0 Å². The summed E-state index contributed by atoms with van der Waals surface area (Å²) in [5, 5.41) is 37.5. The second-order valence-corrected chi connectivity index (χ2v) is 7.39. The molecule has 0 aliphatic carbocycles. The zero-order valence-corrected chi connectivity index (χ0v) is 15.9. The van der Waals surface area contributed by atoms with Gasteiger partial charge in [-0.15, -0.1) is 16.9 Å². The Morgan fingerprint density at radius 1 is 1.19 bits per heavy atom. The number of hydrogen-bond acceptors (Lipinski definition) is 9. The lowest BCUT2D eigenvalue weighted by molar-refractivity contribution is -0.192. The Kier molecular flexibility index (Phi) is 6.55. The summed E-state index contributed by atoms with van der Waals surface area (Å²) in [5.41, 5.74) is 3.98. The Hall–Kier alpha value is -1.85. The van der Waals surface area contributed by atoms with E-state index in [0.717, 1.165) is 5.56 Å². The summed E-state index contributed by atoms with van der Waals surface area (Å²) < 4.78 is 11.3. The molecular formula is C17H24N4O5S. The van der Waals surface area contributed by atoms with Gasteiger partial charge in [-0.05, 0) is 29.8 Å². The maximum absolute atomic E-state index is 10.1. The molecule has 2 heterocycles. The SMILES string of the molecule is CNn1cc(COc2ccc(CS[C@@H]3OC(C)[C@@H](O)C(O)C3O)cc2)nn1. The van der Waals surface area contributed by atoms with Gasteiger partial charge in [0, 0.05) is 12.8 Å². The molecule has 5 atom stereocenters. The van der Waals surface area contributed by atoms with Gasteiger partial charge in [0.05, 0.1) is 12.3 Å². The lowest BCUT2D eigenvalue weighted by Gasteiger charge is -2.39. The van der Waals surface area contributed by atoms with Crippen LogP contribution in [0.4, 0.5) is 0 Å². The molecule has 1 fully saturated rings. The van der Waals surface area contributed by atoms with E-state index in [1.807, 2.05) is 24.3 Å². The van der Waals surface area contributed by atoms with E-state index in [1.54, 1.807) is 20.2 Å². The molecule has 9 nitrogen and oxygen atoms in total. The number of thioether (sulfide) groups is 1. The zero-order valence-electron chi connectivity index (χ0n) is 15.1. The van der Waals surface area contributed by atoms with Crippen LogP contribution in [0.5, 0.6) is 5.75 Å². The maximum atomic E-state index is 10.1. The van der Waals surface area contributed by atoms with Crippen LogP contribution in [-0.2, 0) is 17.1 Å². The quantitative estimate of drug-likeness (QED) is 0.516. The minimum Gasteiger partial charge on any atom is -0.487 e. The zero-order chi connectivity index (χ0) is 19.4. The van der Waals surface area contributed by atoms with E-state index < -0.39 is 29.9 Å². The third-order valence-electron chi connectivity index (χ3n) is 4.30. The molecule has 2 aromatic rings. The van der Waals surface area contributed by atoms with Crippen molar-refractivity contribution in [2.45, 2.75) is 49.1 Å². The number of benzene rings is 1. The fourth-order valence-electron chi connectivity index (χ4n) is 2.64. The van der Waals surface area contributed by atoms with Gasteiger partial charge in [-0.2, -0.15) is 4.79 Å². The van der Waals surface area contributed by atoms with Crippen LogP contribution in [-0.4, -0.2) is 67.3 Å². The van der Waals surface area contributed by atoms with Gasteiger partial charge in [-0.25, -0.2) is 0 Å². The molecule has 3 rings (SSSR count). The lowest BCUT2D eigenvalue weighted by atomic mass is 10.0. The second-order valence-electron chi connectivity index (χ2n) is 6.30. The van der Waals surface area contributed by atoms with Gasteiger partial charge < -0.3 is 30.2 Å². The van der Waals surface area contributed by atoms with Crippen molar-refractivity contribution in [1.82, 2.24) is 15.1 Å². The van der Waals surface area contributed by atoms with Crippen molar-refractivity contribution < 1.29 is 24.8 Å². The highest BCUT2D eigenvalue weighted by Gasteiger charge is 2.41. The van der Waals surface area contributed by atoms with Gasteiger partial charge in [-0.1, -0.05) is 12.1 Å². The fourth-order valence-corrected chi connectivity index (χ4v) is 3.80. The van der Waals surface area contributed by atoms with Crippen molar-refractivity contribution in [2.24, 2.45) is 0 Å². The van der Waals surface area contributed by atoms with E-state index in [4.69, 9.17) is 9.47 Å². The van der Waals surface area contributed by atoms with E-state index in [9.17, 15) is 15.3 Å². The molecule has 1 aliphatic rings. The summed E-state index contributed by atoms with van der Waals surface area (Å²) in [6, 6.07) is 7.57. The predicted octanol–water partition coefficient (Wildman–Crippen LogP) is 0.0911. The number of ether oxygens (including phenoxy) is 2. The Morgan fingerprint density at radius 2 is 1.93 bits per heavy atom. The molecule has 0 bridgehead atoms. The second kappa shape index (κ2) is 8.89. The Morgan fingerprint density at radius 3 is 2.59 bits per heavy atom. The third-order valence-corrected chi connectivity index (χ3v) is 5.52. The van der Waals surface area contributed by atoms with E-state index >= 15 is 0 Å². The Labute approximate surface area is 161 Å². The highest BCUT2D eigenvalue weighted by Crippen LogP contribution is 2.30. The van der Waals surface area contributed by atoms with E-state index in [2.05, 4.69) is 15.7 Å².